The Balaban J connectivity index is 1.38. The van der Waals surface area contributed by atoms with Crippen LogP contribution in [0.4, 0.5) is 10.5 Å². The summed E-state index contributed by atoms with van der Waals surface area (Å²) in [5.41, 5.74) is 9.46. The maximum absolute atomic E-state index is 12.2. The number of carbonyl (C=O) groups excluding carboxylic acids is 1. The molecule has 3 aromatic rings. The van der Waals surface area contributed by atoms with E-state index in [9.17, 15) is 4.79 Å². The first kappa shape index (κ1) is 21.0. The summed E-state index contributed by atoms with van der Waals surface area (Å²) in [6, 6.07) is 15.8. The molecule has 4 rings (SSSR count). The Morgan fingerprint density at radius 2 is 1.74 bits per heavy atom. The van der Waals surface area contributed by atoms with Gasteiger partial charge in [0.25, 0.3) is 0 Å². The van der Waals surface area contributed by atoms with Crippen molar-refractivity contribution in [3.05, 3.63) is 54.7 Å². The number of anilines is 1. The average Bonchev–Trinajstić information content (AvgIpc) is 2.74. The number of hydrogen-bond acceptors (Lipinski definition) is 5. The highest BCUT2D eigenvalue weighted by atomic mass is 16.6. The largest absolute Gasteiger partial charge is 0.490 e. The highest BCUT2D eigenvalue weighted by Gasteiger charge is 2.27. The van der Waals surface area contributed by atoms with E-state index in [1.54, 1.807) is 4.90 Å². The van der Waals surface area contributed by atoms with Gasteiger partial charge in [-0.2, -0.15) is 0 Å². The lowest BCUT2D eigenvalue weighted by atomic mass is 10.0. The fourth-order valence-corrected chi connectivity index (χ4v) is 3.78. The van der Waals surface area contributed by atoms with Gasteiger partial charge in [0.05, 0.1) is 11.2 Å². The van der Waals surface area contributed by atoms with Crippen molar-refractivity contribution in [2.45, 2.75) is 45.3 Å². The third-order valence-electron chi connectivity index (χ3n) is 5.38. The zero-order chi connectivity index (χ0) is 22.0. The molecule has 0 unspecified atom stereocenters. The van der Waals surface area contributed by atoms with E-state index in [1.165, 1.54) is 0 Å². The SMILES string of the molecule is CC(C)(C)OC(=O)N1CCC(Oc2ccc(-c3cnc4ccccc4c3N)cc2)CC1. The molecular formula is C25H29N3O3. The number of rotatable bonds is 3. The van der Waals surface area contributed by atoms with Crippen LogP contribution >= 0.6 is 0 Å². The van der Waals surface area contributed by atoms with Gasteiger partial charge in [-0.05, 0) is 44.5 Å². The second-order valence-electron chi connectivity index (χ2n) is 8.91. The monoisotopic (exact) mass is 419 g/mol. The van der Waals surface area contributed by atoms with E-state index in [1.807, 2.05) is 75.5 Å². The standard InChI is InChI=1S/C25H29N3O3/c1-25(2,3)31-24(29)28-14-12-19(13-15-28)30-18-10-8-17(9-11-18)21-16-27-22-7-5-4-6-20(22)23(21)26/h4-11,16,19H,12-15H2,1-3H3,(H2,26,27). The van der Waals surface area contributed by atoms with Crippen LogP contribution in [0.1, 0.15) is 33.6 Å². The van der Waals surface area contributed by atoms with E-state index in [0.29, 0.717) is 13.1 Å². The van der Waals surface area contributed by atoms with Gasteiger partial charge in [-0.15, -0.1) is 0 Å². The predicted molar refractivity (Wildman–Crippen MR) is 123 cm³/mol. The Labute approximate surface area is 183 Å². The minimum atomic E-state index is -0.476. The summed E-state index contributed by atoms with van der Waals surface area (Å²) >= 11 is 0. The molecule has 31 heavy (non-hydrogen) atoms. The molecule has 1 fully saturated rings. The van der Waals surface area contributed by atoms with Gasteiger partial charge in [0.15, 0.2) is 0 Å². The third kappa shape index (κ3) is 4.90. The number of nitrogens with two attached hydrogens (primary N) is 1. The topological polar surface area (TPSA) is 77.7 Å². The minimum absolute atomic E-state index is 0.0805. The van der Waals surface area contributed by atoms with E-state index < -0.39 is 5.60 Å². The van der Waals surface area contributed by atoms with E-state index in [4.69, 9.17) is 15.2 Å². The zero-order valence-electron chi connectivity index (χ0n) is 18.3. The third-order valence-corrected chi connectivity index (χ3v) is 5.38. The Kier molecular flexibility index (Phi) is 5.72. The van der Waals surface area contributed by atoms with Crippen LogP contribution in [0.3, 0.4) is 0 Å². The van der Waals surface area contributed by atoms with Gasteiger partial charge in [0.2, 0.25) is 0 Å². The number of nitrogen functional groups attached to an aromatic ring is 1. The van der Waals surface area contributed by atoms with Gasteiger partial charge in [0, 0.05) is 43.1 Å². The summed E-state index contributed by atoms with van der Waals surface area (Å²) in [6.45, 7) is 6.91. The summed E-state index contributed by atoms with van der Waals surface area (Å²) in [6.07, 6.45) is 3.21. The Bertz CT molecular complexity index is 1070. The van der Waals surface area contributed by atoms with Crippen LogP contribution in [0, 0.1) is 0 Å². The maximum Gasteiger partial charge on any atom is 0.410 e. The molecule has 2 N–H and O–H groups in total. The number of amides is 1. The number of carbonyl (C=O) groups is 1. The fourth-order valence-electron chi connectivity index (χ4n) is 3.78. The summed E-state index contributed by atoms with van der Waals surface area (Å²) < 4.78 is 11.6. The quantitative estimate of drug-likeness (QED) is 0.626. The second kappa shape index (κ2) is 8.46. The van der Waals surface area contributed by atoms with Gasteiger partial charge < -0.3 is 20.1 Å². The first-order valence-electron chi connectivity index (χ1n) is 10.7. The number of likely N-dealkylation sites (tertiary alicyclic amines) is 1. The number of aromatic nitrogens is 1. The lowest BCUT2D eigenvalue weighted by Crippen LogP contribution is -2.44. The van der Waals surface area contributed by atoms with Crippen LogP contribution in [0.25, 0.3) is 22.0 Å². The molecule has 2 aromatic carbocycles. The molecule has 1 aliphatic heterocycles. The second-order valence-corrected chi connectivity index (χ2v) is 8.91. The van der Waals surface area contributed by atoms with E-state index in [2.05, 4.69) is 4.98 Å². The maximum atomic E-state index is 12.2. The molecule has 1 aromatic heterocycles. The van der Waals surface area contributed by atoms with Crippen LogP contribution in [0.5, 0.6) is 5.75 Å². The van der Waals surface area contributed by atoms with Gasteiger partial charge in [0.1, 0.15) is 17.5 Å². The summed E-state index contributed by atoms with van der Waals surface area (Å²) in [5, 5.41) is 0.956. The van der Waals surface area contributed by atoms with Crippen molar-refractivity contribution in [2.24, 2.45) is 0 Å². The van der Waals surface area contributed by atoms with Crippen LogP contribution in [-0.4, -0.2) is 40.8 Å². The lowest BCUT2D eigenvalue weighted by molar-refractivity contribution is 0.0126. The number of benzene rings is 2. The number of fused-ring (bicyclic) bond motifs is 1. The highest BCUT2D eigenvalue weighted by molar-refractivity contribution is 5.97. The van der Waals surface area contributed by atoms with Crippen LogP contribution in [0.2, 0.25) is 0 Å². The van der Waals surface area contributed by atoms with E-state index >= 15 is 0 Å². The molecule has 0 bridgehead atoms. The summed E-state index contributed by atoms with van der Waals surface area (Å²) in [5.74, 6) is 0.812. The smallest absolute Gasteiger partial charge is 0.410 e. The average molecular weight is 420 g/mol. The predicted octanol–water partition coefficient (Wildman–Crippen LogP) is 5.26. The van der Waals surface area contributed by atoms with Gasteiger partial charge in [-0.25, -0.2) is 4.79 Å². The first-order chi connectivity index (χ1) is 14.8. The molecule has 0 aliphatic carbocycles. The van der Waals surface area contributed by atoms with Crippen molar-refractivity contribution < 1.29 is 14.3 Å². The van der Waals surface area contributed by atoms with Crippen LogP contribution < -0.4 is 10.5 Å². The number of hydrogen-bond donors (Lipinski definition) is 1. The van der Waals surface area contributed by atoms with Crippen LogP contribution in [-0.2, 0) is 4.74 Å². The number of ether oxygens (including phenoxy) is 2. The number of para-hydroxylation sites is 1. The Morgan fingerprint density at radius 3 is 2.42 bits per heavy atom. The molecule has 1 aliphatic rings. The first-order valence-corrected chi connectivity index (χ1v) is 10.7. The Morgan fingerprint density at radius 1 is 1.06 bits per heavy atom. The molecule has 0 saturated carbocycles. The molecule has 6 heteroatoms. The van der Waals surface area contributed by atoms with Crippen molar-refractivity contribution in [1.29, 1.82) is 0 Å². The molecule has 1 amide bonds. The molecule has 0 atom stereocenters. The zero-order valence-corrected chi connectivity index (χ0v) is 18.3. The van der Waals surface area contributed by atoms with Crippen molar-refractivity contribution in [2.75, 3.05) is 18.8 Å². The van der Waals surface area contributed by atoms with Crippen molar-refractivity contribution in [1.82, 2.24) is 9.88 Å². The molecular weight excluding hydrogens is 390 g/mol. The molecule has 2 heterocycles. The fraction of sp³-hybridized carbons (Fsp3) is 0.360. The van der Waals surface area contributed by atoms with E-state index in [-0.39, 0.29) is 12.2 Å². The normalized spacial score (nSPS) is 15.1. The number of piperidine rings is 1. The summed E-state index contributed by atoms with van der Waals surface area (Å²) in [7, 11) is 0. The minimum Gasteiger partial charge on any atom is -0.490 e. The molecule has 1 saturated heterocycles. The molecule has 6 nitrogen and oxygen atoms in total. The summed E-state index contributed by atoms with van der Waals surface area (Å²) in [4.78, 5) is 18.5. The van der Waals surface area contributed by atoms with E-state index in [0.717, 1.165) is 46.3 Å². The van der Waals surface area contributed by atoms with Crippen LogP contribution in [0.15, 0.2) is 54.7 Å². The van der Waals surface area contributed by atoms with Crippen molar-refractivity contribution in [3.63, 3.8) is 0 Å². The molecule has 0 spiro atoms. The molecule has 0 radical (unpaired) electrons. The number of nitrogens with zero attached hydrogens (tertiary/aromatic N) is 2. The Hall–Kier alpha value is -3.28. The van der Waals surface area contributed by atoms with Gasteiger partial charge >= 0.3 is 6.09 Å². The highest BCUT2D eigenvalue weighted by Crippen LogP contribution is 2.32. The van der Waals surface area contributed by atoms with Gasteiger partial charge in [-0.1, -0.05) is 30.3 Å². The lowest BCUT2D eigenvalue weighted by Gasteiger charge is -2.33. The van der Waals surface area contributed by atoms with Crippen molar-refractivity contribution in [3.8, 4) is 16.9 Å². The molecule has 162 valence electrons. The van der Waals surface area contributed by atoms with Crippen molar-refractivity contribution >= 4 is 22.7 Å². The van der Waals surface area contributed by atoms with Gasteiger partial charge in [-0.3, -0.25) is 4.98 Å². The number of pyridine rings is 1.